The molecule has 0 bridgehead atoms. The summed E-state index contributed by atoms with van der Waals surface area (Å²) in [5, 5.41) is 23.2. The highest BCUT2D eigenvalue weighted by molar-refractivity contribution is 5.79. The Morgan fingerprint density at radius 1 is 1.29 bits per heavy atom. The number of non-ortho nitro benzene ring substituents is 1. The van der Waals surface area contributed by atoms with E-state index >= 15 is 0 Å². The van der Waals surface area contributed by atoms with E-state index in [0.717, 1.165) is 10.6 Å². The van der Waals surface area contributed by atoms with Crippen molar-refractivity contribution in [2.24, 2.45) is 0 Å². The highest BCUT2D eigenvalue weighted by Gasteiger charge is 2.13. The maximum atomic E-state index is 13.3. The first-order valence-electron chi connectivity index (χ1n) is 8.19. The quantitative estimate of drug-likeness (QED) is 0.485. The Bertz CT molecular complexity index is 1100. The molecule has 144 valence electrons. The molecule has 0 fully saturated rings. The Labute approximate surface area is 157 Å². The van der Waals surface area contributed by atoms with Crippen LogP contribution in [0.15, 0.2) is 53.6 Å². The molecule has 28 heavy (non-hydrogen) atoms. The Kier molecular flexibility index (Phi) is 5.41. The molecule has 1 atom stereocenters. The van der Waals surface area contributed by atoms with Gasteiger partial charge in [-0.05, 0) is 35.9 Å². The molecule has 9 nitrogen and oxygen atoms in total. The molecule has 3 aromatic rings. The summed E-state index contributed by atoms with van der Waals surface area (Å²) in [5.41, 5.74) is 0.0396. The van der Waals surface area contributed by atoms with Gasteiger partial charge in [0, 0.05) is 18.7 Å². The van der Waals surface area contributed by atoms with E-state index < -0.39 is 28.3 Å². The lowest BCUT2D eigenvalue weighted by atomic mass is 10.1. The summed E-state index contributed by atoms with van der Waals surface area (Å²) in [4.78, 5) is 38.5. The van der Waals surface area contributed by atoms with Crippen molar-refractivity contribution in [1.29, 1.82) is 0 Å². The predicted molar refractivity (Wildman–Crippen MR) is 97.0 cm³/mol. The van der Waals surface area contributed by atoms with Crippen molar-refractivity contribution < 1.29 is 19.2 Å². The van der Waals surface area contributed by atoms with Crippen LogP contribution in [0.25, 0.3) is 10.9 Å². The molecule has 2 N–H and O–H groups in total. The molecule has 0 aliphatic rings. The standard InChI is InChI=1S/C18H15FN4O5/c19-12-3-6-15-14(7-12)18(26)22(10-21-15)9-17(25)20-8-16(24)11-1-4-13(5-2-11)23(27)28/h1-7,10,16,24H,8-9H2,(H,20,25)/t16-/m0/s1. The summed E-state index contributed by atoms with van der Waals surface area (Å²) in [6.45, 7) is -0.508. The number of aromatic nitrogens is 2. The average molecular weight is 386 g/mol. The molecule has 0 spiro atoms. The highest BCUT2D eigenvalue weighted by Crippen LogP contribution is 2.17. The van der Waals surface area contributed by atoms with Crippen LogP contribution in [0.1, 0.15) is 11.7 Å². The van der Waals surface area contributed by atoms with E-state index in [4.69, 9.17) is 0 Å². The number of amides is 1. The largest absolute Gasteiger partial charge is 0.387 e. The fraction of sp³-hybridized carbons (Fsp3) is 0.167. The number of carbonyl (C=O) groups excluding carboxylic acids is 1. The van der Waals surface area contributed by atoms with Gasteiger partial charge in [0.2, 0.25) is 5.91 Å². The second-order valence-corrected chi connectivity index (χ2v) is 6.01. The van der Waals surface area contributed by atoms with Gasteiger partial charge in [-0.2, -0.15) is 0 Å². The number of nitrogens with one attached hydrogen (secondary N) is 1. The first-order chi connectivity index (χ1) is 13.3. The van der Waals surface area contributed by atoms with E-state index in [-0.39, 0.29) is 24.2 Å². The van der Waals surface area contributed by atoms with E-state index in [0.29, 0.717) is 11.1 Å². The van der Waals surface area contributed by atoms with Crippen LogP contribution >= 0.6 is 0 Å². The van der Waals surface area contributed by atoms with Gasteiger partial charge in [-0.15, -0.1) is 0 Å². The van der Waals surface area contributed by atoms with Crippen LogP contribution < -0.4 is 10.9 Å². The number of carbonyl (C=O) groups is 1. The molecule has 3 rings (SSSR count). The number of rotatable bonds is 6. The number of halogens is 1. The molecular weight excluding hydrogens is 371 g/mol. The maximum absolute atomic E-state index is 13.3. The van der Waals surface area contributed by atoms with Gasteiger partial charge in [0.05, 0.1) is 28.3 Å². The fourth-order valence-electron chi connectivity index (χ4n) is 2.60. The maximum Gasteiger partial charge on any atom is 0.269 e. The van der Waals surface area contributed by atoms with Gasteiger partial charge in [-0.25, -0.2) is 9.37 Å². The van der Waals surface area contributed by atoms with Gasteiger partial charge in [0.25, 0.3) is 11.2 Å². The molecule has 0 radical (unpaired) electrons. The van der Waals surface area contributed by atoms with Crippen molar-refractivity contribution in [1.82, 2.24) is 14.9 Å². The summed E-state index contributed by atoms with van der Waals surface area (Å²) in [6.07, 6.45) is 0.111. The lowest BCUT2D eigenvalue weighted by Crippen LogP contribution is -2.34. The van der Waals surface area contributed by atoms with E-state index in [2.05, 4.69) is 10.3 Å². The molecule has 2 aromatic carbocycles. The molecule has 0 saturated carbocycles. The first kappa shape index (κ1) is 19.1. The third kappa shape index (κ3) is 4.18. The van der Waals surface area contributed by atoms with Crippen molar-refractivity contribution in [3.63, 3.8) is 0 Å². The van der Waals surface area contributed by atoms with Crippen LogP contribution in [0.2, 0.25) is 0 Å². The second-order valence-electron chi connectivity index (χ2n) is 6.01. The summed E-state index contributed by atoms with van der Waals surface area (Å²) in [6, 6.07) is 8.89. The van der Waals surface area contributed by atoms with Crippen molar-refractivity contribution in [3.8, 4) is 0 Å². The molecular formula is C18H15FN4O5. The monoisotopic (exact) mass is 386 g/mol. The zero-order valence-electron chi connectivity index (χ0n) is 14.4. The molecule has 10 heteroatoms. The SMILES string of the molecule is O=C(Cn1cnc2ccc(F)cc2c1=O)NC[C@H](O)c1ccc([N+](=O)[O-])cc1. The van der Waals surface area contributed by atoms with Gasteiger partial charge >= 0.3 is 0 Å². The fourth-order valence-corrected chi connectivity index (χ4v) is 2.60. The molecule has 0 aliphatic carbocycles. The first-order valence-corrected chi connectivity index (χ1v) is 8.19. The number of hydrogen-bond acceptors (Lipinski definition) is 6. The van der Waals surface area contributed by atoms with Gasteiger partial charge < -0.3 is 10.4 Å². The Balaban J connectivity index is 1.64. The Hall–Kier alpha value is -3.66. The predicted octanol–water partition coefficient (Wildman–Crippen LogP) is 1.29. The summed E-state index contributed by atoms with van der Waals surface area (Å²) in [7, 11) is 0. The third-order valence-electron chi connectivity index (χ3n) is 4.08. The molecule has 1 aromatic heterocycles. The minimum Gasteiger partial charge on any atom is -0.387 e. The molecule has 1 heterocycles. The zero-order chi connectivity index (χ0) is 20.3. The molecule has 1 amide bonds. The van der Waals surface area contributed by atoms with Crippen LogP contribution in [-0.4, -0.2) is 32.0 Å². The third-order valence-corrected chi connectivity index (χ3v) is 4.08. The number of aliphatic hydroxyl groups is 1. The van der Waals surface area contributed by atoms with Gasteiger partial charge in [-0.1, -0.05) is 0 Å². The lowest BCUT2D eigenvalue weighted by Gasteiger charge is -2.13. The van der Waals surface area contributed by atoms with Crippen molar-refractivity contribution >= 4 is 22.5 Å². The van der Waals surface area contributed by atoms with Crippen molar-refractivity contribution in [2.75, 3.05) is 6.54 Å². The topological polar surface area (TPSA) is 127 Å². The van der Waals surface area contributed by atoms with Crippen LogP contribution in [-0.2, 0) is 11.3 Å². The zero-order valence-corrected chi connectivity index (χ0v) is 14.4. The summed E-state index contributed by atoms with van der Waals surface area (Å²) in [5.74, 6) is -1.14. The van der Waals surface area contributed by atoms with Gasteiger partial charge in [0.15, 0.2) is 0 Å². The molecule has 0 saturated heterocycles. The van der Waals surface area contributed by atoms with E-state index in [9.17, 15) is 29.2 Å². The van der Waals surface area contributed by atoms with Gasteiger partial charge in [0.1, 0.15) is 12.4 Å². The smallest absolute Gasteiger partial charge is 0.269 e. The lowest BCUT2D eigenvalue weighted by molar-refractivity contribution is -0.384. The second kappa shape index (κ2) is 7.92. The Morgan fingerprint density at radius 3 is 2.68 bits per heavy atom. The van der Waals surface area contributed by atoms with Crippen molar-refractivity contribution in [3.05, 3.63) is 80.6 Å². The number of nitro groups is 1. The van der Waals surface area contributed by atoms with Crippen LogP contribution in [0.4, 0.5) is 10.1 Å². The Morgan fingerprint density at radius 2 is 2.00 bits per heavy atom. The highest BCUT2D eigenvalue weighted by atomic mass is 19.1. The number of fused-ring (bicyclic) bond motifs is 1. The molecule has 0 aliphatic heterocycles. The van der Waals surface area contributed by atoms with E-state index in [1.165, 1.54) is 42.7 Å². The minimum atomic E-state index is -1.08. The summed E-state index contributed by atoms with van der Waals surface area (Å²) >= 11 is 0. The number of hydrogen-bond donors (Lipinski definition) is 2. The van der Waals surface area contributed by atoms with Crippen molar-refractivity contribution in [2.45, 2.75) is 12.6 Å². The normalized spacial score (nSPS) is 11.9. The minimum absolute atomic E-state index is 0.0567. The van der Waals surface area contributed by atoms with Crippen LogP contribution in [0.5, 0.6) is 0 Å². The van der Waals surface area contributed by atoms with Crippen LogP contribution in [0, 0.1) is 15.9 Å². The van der Waals surface area contributed by atoms with E-state index in [1.807, 2.05) is 0 Å². The number of nitrogens with zero attached hydrogens (tertiary/aromatic N) is 3. The number of benzene rings is 2. The number of nitro benzene ring substituents is 1. The van der Waals surface area contributed by atoms with Gasteiger partial charge in [-0.3, -0.25) is 24.3 Å². The summed E-state index contributed by atoms with van der Waals surface area (Å²) < 4.78 is 14.4. The van der Waals surface area contributed by atoms with E-state index in [1.54, 1.807) is 0 Å². The molecule has 0 unspecified atom stereocenters. The number of aliphatic hydroxyl groups excluding tert-OH is 1. The van der Waals surface area contributed by atoms with Crippen LogP contribution in [0.3, 0.4) is 0 Å². The average Bonchev–Trinajstić information content (AvgIpc) is 2.68.